The zero-order valence-electron chi connectivity index (χ0n) is 12.5. The van der Waals surface area contributed by atoms with E-state index in [1.54, 1.807) is 10.9 Å². The monoisotopic (exact) mass is 304 g/mol. The number of hydrogen-bond donors (Lipinski definition) is 1. The van der Waals surface area contributed by atoms with Gasteiger partial charge in [-0.1, -0.05) is 42.5 Å². The molecule has 0 aliphatic rings. The van der Waals surface area contributed by atoms with Crippen molar-refractivity contribution in [2.75, 3.05) is 0 Å². The molecule has 0 radical (unpaired) electrons. The van der Waals surface area contributed by atoms with Crippen LogP contribution in [0.3, 0.4) is 0 Å². The van der Waals surface area contributed by atoms with E-state index in [2.05, 4.69) is 23.3 Å². The van der Waals surface area contributed by atoms with Crippen LogP contribution in [0.1, 0.15) is 11.1 Å². The molecule has 114 valence electrons. The smallest absolute Gasteiger partial charge is 0.182 e. The van der Waals surface area contributed by atoms with Gasteiger partial charge in [-0.2, -0.15) is 10.2 Å². The summed E-state index contributed by atoms with van der Waals surface area (Å²) in [4.78, 5) is 0. The second-order valence-corrected chi connectivity index (χ2v) is 5.44. The van der Waals surface area contributed by atoms with Crippen molar-refractivity contribution in [1.82, 2.24) is 19.6 Å². The fourth-order valence-corrected chi connectivity index (χ4v) is 2.71. The molecule has 4 aromatic rings. The van der Waals surface area contributed by atoms with Crippen LogP contribution in [0.5, 0.6) is 0 Å². The van der Waals surface area contributed by atoms with Gasteiger partial charge in [-0.3, -0.25) is 4.68 Å². The van der Waals surface area contributed by atoms with Crippen LogP contribution in [-0.2, 0) is 13.2 Å². The summed E-state index contributed by atoms with van der Waals surface area (Å²) in [5.41, 5.74) is 3.03. The lowest BCUT2D eigenvalue weighted by Gasteiger charge is -2.03. The van der Waals surface area contributed by atoms with Crippen LogP contribution in [0, 0.1) is 0 Å². The average molecular weight is 304 g/mol. The number of fused-ring (bicyclic) bond motifs is 1. The molecule has 2 aromatic carbocycles. The van der Waals surface area contributed by atoms with E-state index in [9.17, 15) is 5.11 Å². The molecule has 2 heterocycles. The third-order valence-electron chi connectivity index (χ3n) is 3.85. The molecule has 0 aliphatic carbocycles. The highest BCUT2D eigenvalue weighted by molar-refractivity contribution is 5.86. The van der Waals surface area contributed by atoms with E-state index in [-0.39, 0.29) is 6.61 Å². The first-order chi connectivity index (χ1) is 11.3. The van der Waals surface area contributed by atoms with Crippen molar-refractivity contribution in [1.29, 1.82) is 0 Å². The lowest BCUT2D eigenvalue weighted by Crippen LogP contribution is -2.03. The summed E-state index contributed by atoms with van der Waals surface area (Å²) >= 11 is 0. The molecule has 5 heteroatoms. The van der Waals surface area contributed by atoms with Crippen LogP contribution in [0.4, 0.5) is 0 Å². The molecular formula is C18H16N4O. The van der Waals surface area contributed by atoms with E-state index >= 15 is 0 Å². The van der Waals surface area contributed by atoms with E-state index in [4.69, 9.17) is 5.10 Å². The molecule has 1 N–H and O–H groups in total. The van der Waals surface area contributed by atoms with E-state index in [0.717, 1.165) is 22.3 Å². The van der Waals surface area contributed by atoms with Crippen molar-refractivity contribution in [3.63, 3.8) is 0 Å². The highest BCUT2D eigenvalue weighted by Gasteiger charge is 2.13. The van der Waals surface area contributed by atoms with Crippen LogP contribution in [0.25, 0.3) is 16.7 Å². The second kappa shape index (κ2) is 5.70. The highest BCUT2D eigenvalue weighted by Crippen LogP contribution is 2.22. The Morgan fingerprint density at radius 2 is 1.70 bits per heavy atom. The average Bonchev–Trinajstić information content (AvgIpc) is 3.21. The van der Waals surface area contributed by atoms with Crippen molar-refractivity contribution < 1.29 is 5.11 Å². The summed E-state index contributed by atoms with van der Waals surface area (Å²) in [6.45, 7) is 0.679. The third-order valence-corrected chi connectivity index (χ3v) is 3.85. The van der Waals surface area contributed by atoms with E-state index in [1.165, 1.54) is 5.56 Å². The molecular weight excluding hydrogens is 288 g/mol. The summed E-state index contributed by atoms with van der Waals surface area (Å²) < 4.78 is 3.70. The highest BCUT2D eigenvalue weighted by atomic mass is 16.3. The maximum Gasteiger partial charge on any atom is 0.182 e. The van der Waals surface area contributed by atoms with Gasteiger partial charge in [0.15, 0.2) is 5.82 Å². The first-order valence-corrected chi connectivity index (χ1v) is 7.49. The van der Waals surface area contributed by atoms with Gasteiger partial charge >= 0.3 is 0 Å². The summed E-state index contributed by atoms with van der Waals surface area (Å²) in [7, 11) is 0. The van der Waals surface area contributed by atoms with Gasteiger partial charge in [0.25, 0.3) is 0 Å². The van der Waals surface area contributed by atoms with E-state index in [1.807, 2.05) is 47.3 Å². The first kappa shape index (κ1) is 13.7. The van der Waals surface area contributed by atoms with Crippen LogP contribution >= 0.6 is 0 Å². The molecule has 4 rings (SSSR count). The molecule has 0 saturated carbocycles. The van der Waals surface area contributed by atoms with Gasteiger partial charge in [0.05, 0.1) is 24.9 Å². The number of aromatic nitrogens is 4. The quantitative estimate of drug-likeness (QED) is 0.631. The van der Waals surface area contributed by atoms with Gasteiger partial charge in [-0.15, -0.1) is 0 Å². The van der Waals surface area contributed by atoms with Gasteiger partial charge in [0.1, 0.15) is 0 Å². The van der Waals surface area contributed by atoms with Gasteiger partial charge in [0, 0.05) is 17.1 Å². The predicted molar refractivity (Wildman–Crippen MR) is 88.3 cm³/mol. The minimum atomic E-state index is -0.0251. The van der Waals surface area contributed by atoms with Crippen molar-refractivity contribution in [3.05, 3.63) is 78.1 Å². The molecule has 2 aromatic heterocycles. The summed E-state index contributed by atoms with van der Waals surface area (Å²) in [5.74, 6) is 0.774. The van der Waals surface area contributed by atoms with Gasteiger partial charge in [-0.05, 0) is 17.7 Å². The minimum absolute atomic E-state index is 0.0251. The Bertz CT molecular complexity index is 940. The number of hydrogen-bond acceptors (Lipinski definition) is 3. The molecule has 0 unspecified atom stereocenters. The van der Waals surface area contributed by atoms with Crippen LogP contribution in [0.2, 0.25) is 0 Å². The Hall–Kier alpha value is -2.92. The molecule has 0 spiro atoms. The molecule has 0 atom stereocenters. The van der Waals surface area contributed by atoms with Crippen LogP contribution < -0.4 is 0 Å². The fourth-order valence-electron chi connectivity index (χ4n) is 2.71. The van der Waals surface area contributed by atoms with Crippen LogP contribution in [0.15, 0.2) is 67.0 Å². The van der Waals surface area contributed by atoms with E-state index < -0.39 is 0 Å². The van der Waals surface area contributed by atoms with Crippen molar-refractivity contribution in [2.24, 2.45) is 0 Å². The predicted octanol–water partition coefficient (Wildman–Crippen LogP) is 2.76. The zero-order chi connectivity index (χ0) is 15.6. The molecule has 0 fully saturated rings. The molecule has 5 nitrogen and oxygen atoms in total. The number of aliphatic hydroxyl groups is 1. The Morgan fingerprint density at radius 3 is 2.48 bits per heavy atom. The largest absolute Gasteiger partial charge is 0.392 e. The SMILES string of the molecule is OCc1cnn(-c2nn(Cc3ccccc3)c3ccccc23)c1. The molecule has 0 bridgehead atoms. The Morgan fingerprint density at radius 1 is 0.913 bits per heavy atom. The molecule has 0 aliphatic heterocycles. The summed E-state index contributed by atoms with van der Waals surface area (Å²) in [5, 5.41) is 19.3. The first-order valence-electron chi connectivity index (χ1n) is 7.49. The van der Waals surface area contributed by atoms with Gasteiger partial charge < -0.3 is 5.11 Å². The topological polar surface area (TPSA) is 55.9 Å². The maximum atomic E-state index is 9.23. The minimum Gasteiger partial charge on any atom is -0.392 e. The van der Waals surface area contributed by atoms with E-state index in [0.29, 0.717) is 6.54 Å². The normalized spacial score (nSPS) is 11.2. The standard InChI is InChI=1S/C18H16N4O/c23-13-15-10-19-22(12-15)18-16-8-4-5-9-17(16)21(20-18)11-14-6-2-1-3-7-14/h1-10,12,23H,11,13H2. The fraction of sp³-hybridized carbons (Fsp3) is 0.111. The lowest BCUT2D eigenvalue weighted by atomic mass is 10.2. The van der Waals surface area contributed by atoms with Crippen molar-refractivity contribution >= 4 is 10.9 Å². The number of benzene rings is 2. The van der Waals surface area contributed by atoms with Crippen molar-refractivity contribution in [3.8, 4) is 5.82 Å². The Balaban J connectivity index is 1.83. The number of rotatable bonds is 4. The summed E-state index contributed by atoms with van der Waals surface area (Å²) in [6.07, 6.45) is 3.46. The van der Waals surface area contributed by atoms with Gasteiger partial charge in [-0.25, -0.2) is 4.68 Å². The second-order valence-electron chi connectivity index (χ2n) is 5.44. The zero-order valence-corrected chi connectivity index (χ0v) is 12.5. The number of nitrogens with zero attached hydrogens (tertiary/aromatic N) is 4. The summed E-state index contributed by atoms with van der Waals surface area (Å²) in [6, 6.07) is 18.4. The molecule has 23 heavy (non-hydrogen) atoms. The molecule has 0 amide bonds. The Labute approximate surface area is 133 Å². The Kier molecular flexibility index (Phi) is 3.40. The van der Waals surface area contributed by atoms with Gasteiger partial charge in [0.2, 0.25) is 0 Å². The number of para-hydroxylation sites is 1. The van der Waals surface area contributed by atoms with Crippen LogP contribution in [-0.4, -0.2) is 24.7 Å². The maximum absolute atomic E-state index is 9.23. The third kappa shape index (κ3) is 2.51. The molecule has 0 saturated heterocycles. The van der Waals surface area contributed by atoms with Crippen molar-refractivity contribution in [2.45, 2.75) is 13.2 Å². The lowest BCUT2D eigenvalue weighted by molar-refractivity contribution is 0.282. The number of aliphatic hydroxyl groups excluding tert-OH is 1.